The van der Waals surface area contributed by atoms with E-state index in [1.807, 2.05) is 48.5 Å². The fraction of sp³-hybridized carbons (Fsp3) is 0. The third-order valence-corrected chi connectivity index (χ3v) is 4.98. The van der Waals surface area contributed by atoms with Crippen LogP contribution in [-0.4, -0.2) is 0 Å². The third-order valence-electron chi connectivity index (χ3n) is 4.68. The van der Waals surface area contributed by atoms with E-state index < -0.39 is 23.3 Å². The molecule has 29 heavy (non-hydrogen) atoms. The average Bonchev–Trinajstić information content (AvgIpc) is 2.72. The molecule has 0 aliphatic rings. The molecule has 0 N–H and O–H groups in total. The molecule has 0 spiro atoms. The molecule has 4 rings (SSSR count). The minimum atomic E-state index is -1.57. The predicted molar refractivity (Wildman–Crippen MR) is 110 cm³/mol. The largest absolute Gasteiger partial charge is 0.206 e. The van der Waals surface area contributed by atoms with Crippen LogP contribution in [0.2, 0.25) is 0 Å². The number of hydrogen-bond acceptors (Lipinski definition) is 1. The SMILES string of the molecule is Fc1cc(-c2ccc(-c3ccc(S)cc3)cc2)ccc1-c1cc(F)c(F)c(F)c1. The highest BCUT2D eigenvalue weighted by Crippen LogP contribution is 2.31. The minimum Gasteiger partial charge on any atom is -0.206 e. The fourth-order valence-corrected chi connectivity index (χ4v) is 3.30. The normalized spacial score (nSPS) is 10.9. The summed E-state index contributed by atoms with van der Waals surface area (Å²) < 4.78 is 54.7. The average molecular weight is 410 g/mol. The Morgan fingerprint density at radius 1 is 0.448 bits per heavy atom. The van der Waals surface area contributed by atoms with Gasteiger partial charge in [0.25, 0.3) is 0 Å². The van der Waals surface area contributed by atoms with E-state index in [1.54, 1.807) is 6.07 Å². The van der Waals surface area contributed by atoms with Crippen LogP contribution in [0, 0.1) is 23.3 Å². The van der Waals surface area contributed by atoms with Crippen LogP contribution < -0.4 is 0 Å². The van der Waals surface area contributed by atoms with Crippen LogP contribution in [0.15, 0.2) is 83.8 Å². The molecule has 4 aromatic carbocycles. The Morgan fingerprint density at radius 3 is 1.38 bits per heavy atom. The molecule has 0 radical (unpaired) electrons. The molecule has 0 fully saturated rings. The molecule has 0 saturated carbocycles. The highest BCUT2D eigenvalue weighted by Gasteiger charge is 2.14. The van der Waals surface area contributed by atoms with Gasteiger partial charge in [-0.25, -0.2) is 17.6 Å². The zero-order chi connectivity index (χ0) is 20.5. The number of hydrogen-bond donors (Lipinski definition) is 1. The van der Waals surface area contributed by atoms with Crippen molar-refractivity contribution in [2.24, 2.45) is 0 Å². The lowest BCUT2D eigenvalue weighted by Crippen LogP contribution is -1.94. The smallest absolute Gasteiger partial charge is 0.194 e. The molecule has 0 saturated heterocycles. The summed E-state index contributed by atoms with van der Waals surface area (Å²) in [6.07, 6.45) is 0. The molecular weight excluding hydrogens is 396 g/mol. The van der Waals surface area contributed by atoms with E-state index in [0.29, 0.717) is 5.56 Å². The summed E-state index contributed by atoms with van der Waals surface area (Å²) in [7, 11) is 0. The molecule has 0 amide bonds. The maximum atomic E-state index is 14.6. The summed E-state index contributed by atoms with van der Waals surface area (Å²) in [6, 6.07) is 21.3. The minimum absolute atomic E-state index is 0.00462. The van der Waals surface area contributed by atoms with Crippen LogP contribution in [0.5, 0.6) is 0 Å². The van der Waals surface area contributed by atoms with Crippen molar-refractivity contribution < 1.29 is 17.6 Å². The molecule has 0 unspecified atom stereocenters. The van der Waals surface area contributed by atoms with Gasteiger partial charge in [-0.1, -0.05) is 48.5 Å². The van der Waals surface area contributed by atoms with Crippen LogP contribution in [0.4, 0.5) is 17.6 Å². The molecule has 0 aliphatic heterocycles. The van der Waals surface area contributed by atoms with Crippen LogP contribution in [0.25, 0.3) is 33.4 Å². The van der Waals surface area contributed by atoms with Gasteiger partial charge in [0.05, 0.1) is 0 Å². The van der Waals surface area contributed by atoms with Gasteiger partial charge in [0.1, 0.15) is 5.82 Å². The van der Waals surface area contributed by atoms with Crippen molar-refractivity contribution in [2.45, 2.75) is 4.90 Å². The summed E-state index contributed by atoms with van der Waals surface area (Å²) >= 11 is 4.27. The summed E-state index contributed by atoms with van der Waals surface area (Å²) in [4.78, 5) is 0.877. The van der Waals surface area contributed by atoms with Gasteiger partial charge in [0.15, 0.2) is 17.5 Å². The Bertz CT molecular complexity index is 1160. The lowest BCUT2D eigenvalue weighted by atomic mass is 9.97. The second kappa shape index (κ2) is 7.76. The van der Waals surface area contributed by atoms with E-state index in [0.717, 1.165) is 33.7 Å². The molecule has 5 heteroatoms. The van der Waals surface area contributed by atoms with Crippen molar-refractivity contribution in [3.63, 3.8) is 0 Å². The molecule has 0 atom stereocenters. The van der Waals surface area contributed by atoms with Crippen molar-refractivity contribution in [3.8, 4) is 33.4 Å². The number of halogens is 4. The molecule has 0 aromatic heterocycles. The first-order valence-electron chi connectivity index (χ1n) is 8.77. The standard InChI is InChI=1S/C24H14F4S/c25-21-11-17(7-10-20(21)18-12-22(26)24(28)23(27)13-18)16-3-1-14(2-4-16)15-5-8-19(29)9-6-15/h1-13,29H. The Hall–Kier alpha value is -3.05. The maximum Gasteiger partial charge on any atom is 0.194 e. The lowest BCUT2D eigenvalue weighted by molar-refractivity contribution is 0.447. The maximum absolute atomic E-state index is 14.6. The van der Waals surface area contributed by atoms with Crippen LogP contribution in [0.1, 0.15) is 0 Å². The zero-order valence-corrected chi connectivity index (χ0v) is 15.9. The summed E-state index contributed by atoms with van der Waals surface area (Å²) in [5, 5.41) is 0. The molecule has 4 aromatic rings. The van der Waals surface area contributed by atoms with Gasteiger partial charge in [-0.2, -0.15) is 0 Å². The Kier molecular flexibility index (Phi) is 5.16. The van der Waals surface area contributed by atoms with Gasteiger partial charge in [0, 0.05) is 10.5 Å². The number of thiol groups is 1. The van der Waals surface area contributed by atoms with Gasteiger partial charge in [0.2, 0.25) is 0 Å². The van der Waals surface area contributed by atoms with Crippen molar-refractivity contribution in [2.75, 3.05) is 0 Å². The summed E-state index contributed by atoms with van der Waals surface area (Å²) in [5.74, 6) is -4.94. The van der Waals surface area contributed by atoms with Crippen LogP contribution in [0.3, 0.4) is 0 Å². The quantitative estimate of drug-likeness (QED) is 0.201. The van der Waals surface area contributed by atoms with E-state index in [1.165, 1.54) is 12.1 Å². The van der Waals surface area contributed by atoms with E-state index >= 15 is 0 Å². The second-order valence-electron chi connectivity index (χ2n) is 6.57. The molecule has 0 heterocycles. The van der Waals surface area contributed by atoms with E-state index in [9.17, 15) is 17.6 Å². The highest BCUT2D eigenvalue weighted by atomic mass is 32.1. The first kappa shape index (κ1) is 19.3. The first-order chi connectivity index (χ1) is 13.9. The number of rotatable bonds is 3. The zero-order valence-electron chi connectivity index (χ0n) is 15.0. The monoisotopic (exact) mass is 410 g/mol. The third kappa shape index (κ3) is 3.91. The molecular formula is C24H14F4S. The van der Waals surface area contributed by atoms with E-state index in [4.69, 9.17) is 0 Å². The van der Waals surface area contributed by atoms with Crippen LogP contribution in [-0.2, 0) is 0 Å². The van der Waals surface area contributed by atoms with Gasteiger partial charge in [-0.05, 0) is 58.1 Å². The summed E-state index contributed by atoms with van der Waals surface area (Å²) in [6.45, 7) is 0. The highest BCUT2D eigenvalue weighted by molar-refractivity contribution is 7.80. The topological polar surface area (TPSA) is 0 Å². The summed E-state index contributed by atoms with van der Waals surface area (Å²) in [5.41, 5.74) is 3.39. The van der Waals surface area contributed by atoms with Crippen LogP contribution >= 0.6 is 12.6 Å². The Labute approximate surface area is 170 Å². The van der Waals surface area contributed by atoms with Crippen molar-refractivity contribution in [1.29, 1.82) is 0 Å². The molecule has 0 bridgehead atoms. The van der Waals surface area contributed by atoms with Gasteiger partial charge < -0.3 is 0 Å². The van der Waals surface area contributed by atoms with Crippen molar-refractivity contribution >= 4 is 12.6 Å². The number of benzene rings is 4. The molecule has 0 nitrogen and oxygen atoms in total. The van der Waals surface area contributed by atoms with Crippen molar-refractivity contribution in [3.05, 3.63) is 102 Å². The Balaban J connectivity index is 1.65. The molecule has 144 valence electrons. The van der Waals surface area contributed by atoms with Gasteiger partial charge in [-0.3, -0.25) is 0 Å². The first-order valence-corrected chi connectivity index (χ1v) is 9.21. The lowest BCUT2D eigenvalue weighted by Gasteiger charge is -2.09. The van der Waals surface area contributed by atoms with Gasteiger partial charge in [-0.15, -0.1) is 12.6 Å². The van der Waals surface area contributed by atoms with E-state index in [-0.39, 0.29) is 11.1 Å². The second-order valence-corrected chi connectivity index (χ2v) is 7.09. The van der Waals surface area contributed by atoms with Gasteiger partial charge >= 0.3 is 0 Å². The Morgan fingerprint density at radius 2 is 0.862 bits per heavy atom. The molecule has 0 aliphatic carbocycles. The van der Waals surface area contributed by atoms with Crippen molar-refractivity contribution in [1.82, 2.24) is 0 Å². The predicted octanol–water partition coefficient (Wildman–Crippen LogP) is 7.53. The fourth-order valence-electron chi connectivity index (χ4n) is 3.15. The van der Waals surface area contributed by atoms with E-state index in [2.05, 4.69) is 12.6 Å².